The van der Waals surface area contributed by atoms with Crippen LogP contribution in [0.25, 0.3) is 10.8 Å². The van der Waals surface area contributed by atoms with E-state index in [1.54, 1.807) is 0 Å². The average Bonchev–Trinajstić information content (AvgIpc) is 2.62. The van der Waals surface area contributed by atoms with Crippen molar-refractivity contribution in [2.75, 3.05) is 18.0 Å². The molecule has 0 spiro atoms. The Morgan fingerprint density at radius 2 is 1.55 bits per heavy atom. The zero-order valence-corrected chi connectivity index (χ0v) is 12.4. The van der Waals surface area contributed by atoms with Crippen LogP contribution in [0.1, 0.15) is 12.0 Å². The minimum Gasteiger partial charge on any atom is -0.326 e. The van der Waals surface area contributed by atoms with Crippen LogP contribution in [0.2, 0.25) is 0 Å². The van der Waals surface area contributed by atoms with Gasteiger partial charge in [-0.2, -0.15) is 0 Å². The molecule has 3 aromatic rings. The number of amidine groups is 1. The van der Waals surface area contributed by atoms with Crippen molar-refractivity contribution in [3.63, 3.8) is 0 Å². The van der Waals surface area contributed by atoms with Gasteiger partial charge in [0.1, 0.15) is 5.84 Å². The fourth-order valence-corrected chi connectivity index (χ4v) is 3.12. The van der Waals surface area contributed by atoms with Gasteiger partial charge in [-0.05, 0) is 17.9 Å². The number of benzene rings is 3. The summed E-state index contributed by atoms with van der Waals surface area (Å²) in [5.41, 5.74) is 2.44. The van der Waals surface area contributed by atoms with E-state index in [1.165, 1.54) is 22.0 Å². The summed E-state index contributed by atoms with van der Waals surface area (Å²) in [6, 6.07) is 25.6. The summed E-state index contributed by atoms with van der Waals surface area (Å²) in [6.07, 6.45) is 1.10. The number of hydrogen-bond acceptors (Lipinski definition) is 2. The van der Waals surface area contributed by atoms with Crippen molar-refractivity contribution < 1.29 is 0 Å². The molecular weight excluding hydrogens is 268 g/mol. The first-order valence-electron chi connectivity index (χ1n) is 7.79. The predicted octanol–water partition coefficient (Wildman–Crippen LogP) is 4.50. The van der Waals surface area contributed by atoms with Gasteiger partial charge >= 0.3 is 0 Å². The number of fused-ring (bicyclic) bond motifs is 1. The Bertz CT molecular complexity index is 816. The van der Waals surface area contributed by atoms with Crippen LogP contribution in [-0.2, 0) is 0 Å². The summed E-state index contributed by atoms with van der Waals surface area (Å²) >= 11 is 0. The molecule has 0 bridgehead atoms. The minimum atomic E-state index is 0.908. The first-order chi connectivity index (χ1) is 10.9. The lowest BCUT2D eigenvalue weighted by Gasteiger charge is -2.30. The predicted molar refractivity (Wildman–Crippen MR) is 93.8 cm³/mol. The van der Waals surface area contributed by atoms with E-state index in [0.29, 0.717) is 0 Å². The molecule has 0 unspecified atom stereocenters. The molecule has 3 aromatic carbocycles. The van der Waals surface area contributed by atoms with Gasteiger partial charge in [-0.25, -0.2) is 0 Å². The molecule has 0 saturated heterocycles. The van der Waals surface area contributed by atoms with E-state index < -0.39 is 0 Å². The summed E-state index contributed by atoms with van der Waals surface area (Å²) < 4.78 is 0. The molecule has 1 aliphatic rings. The van der Waals surface area contributed by atoms with Crippen molar-refractivity contribution in [1.82, 2.24) is 0 Å². The fourth-order valence-electron chi connectivity index (χ4n) is 3.12. The molecule has 2 heteroatoms. The first kappa shape index (κ1) is 13.1. The highest BCUT2D eigenvalue weighted by atomic mass is 15.2. The Hall–Kier alpha value is -2.61. The van der Waals surface area contributed by atoms with Crippen LogP contribution in [0.4, 0.5) is 5.69 Å². The van der Waals surface area contributed by atoms with Crippen LogP contribution in [0.3, 0.4) is 0 Å². The van der Waals surface area contributed by atoms with Crippen molar-refractivity contribution >= 4 is 22.3 Å². The maximum atomic E-state index is 4.81. The van der Waals surface area contributed by atoms with Gasteiger partial charge in [-0.3, -0.25) is 4.99 Å². The average molecular weight is 286 g/mol. The minimum absolute atomic E-state index is 0.908. The number of hydrogen-bond donors (Lipinski definition) is 0. The molecule has 1 heterocycles. The van der Waals surface area contributed by atoms with Gasteiger partial charge in [0, 0.05) is 24.0 Å². The van der Waals surface area contributed by atoms with Gasteiger partial charge in [-0.1, -0.05) is 66.7 Å². The van der Waals surface area contributed by atoms with Gasteiger partial charge in [0.2, 0.25) is 0 Å². The van der Waals surface area contributed by atoms with E-state index in [0.717, 1.165) is 25.3 Å². The summed E-state index contributed by atoms with van der Waals surface area (Å²) in [7, 11) is 0. The molecule has 0 N–H and O–H groups in total. The van der Waals surface area contributed by atoms with Crippen molar-refractivity contribution in [3.05, 3.63) is 78.4 Å². The van der Waals surface area contributed by atoms with Crippen LogP contribution < -0.4 is 4.90 Å². The monoisotopic (exact) mass is 286 g/mol. The number of anilines is 1. The third kappa shape index (κ3) is 2.27. The van der Waals surface area contributed by atoms with Crippen LogP contribution in [-0.4, -0.2) is 18.9 Å². The number of rotatable bonds is 2. The second-order valence-corrected chi connectivity index (χ2v) is 5.57. The van der Waals surface area contributed by atoms with Crippen molar-refractivity contribution in [1.29, 1.82) is 0 Å². The molecule has 0 aliphatic carbocycles. The lowest BCUT2D eigenvalue weighted by Crippen LogP contribution is -2.36. The molecule has 0 fully saturated rings. The van der Waals surface area contributed by atoms with E-state index in [4.69, 9.17) is 4.99 Å². The third-order valence-electron chi connectivity index (χ3n) is 4.15. The van der Waals surface area contributed by atoms with Crippen LogP contribution >= 0.6 is 0 Å². The molecule has 0 aromatic heterocycles. The molecular formula is C20H18N2. The maximum absolute atomic E-state index is 4.81. The van der Waals surface area contributed by atoms with Crippen molar-refractivity contribution in [2.24, 2.45) is 4.99 Å². The fraction of sp³-hybridized carbons (Fsp3) is 0.150. The lowest BCUT2D eigenvalue weighted by molar-refractivity contribution is 0.792. The zero-order valence-electron chi connectivity index (χ0n) is 12.4. The largest absolute Gasteiger partial charge is 0.326 e. The highest BCUT2D eigenvalue weighted by Crippen LogP contribution is 2.29. The molecule has 0 atom stereocenters. The summed E-state index contributed by atoms with van der Waals surface area (Å²) in [4.78, 5) is 7.17. The smallest absolute Gasteiger partial charge is 0.135 e. The van der Waals surface area contributed by atoms with E-state index in [1.807, 2.05) is 0 Å². The zero-order chi connectivity index (χ0) is 14.8. The van der Waals surface area contributed by atoms with Crippen molar-refractivity contribution in [3.8, 4) is 0 Å². The van der Waals surface area contributed by atoms with Gasteiger partial charge in [0.25, 0.3) is 0 Å². The Labute approximate surface area is 130 Å². The quantitative estimate of drug-likeness (QED) is 0.677. The Morgan fingerprint density at radius 1 is 0.773 bits per heavy atom. The summed E-state index contributed by atoms with van der Waals surface area (Å²) in [5, 5.41) is 2.56. The number of aliphatic imine (C=N–C) groups is 1. The van der Waals surface area contributed by atoms with E-state index in [-0.39, 0.29) is 0 Å². The van der Waals surface area contributed by atoms with Crippen LogP contribution in [0.15, 0.2) is 77.8 Å². The Balaban J connectivity index is 1.86. The second kappa shape index (κ2) is 5.64. The molecule has 1 aliphatic heterocycles. The van der Waals surface area contributed by atoms with Gasteiger partial charge in [-0.15, -0.1) is 0 Å². The van der Waals surface area contributed by atoms with Crippen LogP contribution in [0.5, 0.6) is 0 Å². The van der Waals surface area contributed by atoms with Gasteiger partial charge in [0.05, 0.1) is 5.69 Å². The third-order valence-corrected chi connectivity index (χ3v) is 4.15. The highest BCUT2D eigenvalue weighted by molar-refractivity contribution is 6.13. The Kier molecular flexibility index (Phi) is 3.36. The van der Waals surface area contributed by atoms with E-state index in [2.05, 4.69) is 77.7 Å². The SMILES string of the molecule is c1ccc(C2=NCCCN2c2cccc3ccccc23)cc1. The summed E-state index contributed by atoms with van der Waals surface area (Å²) in [5.74, 6) is 1.09. The highest BCUT2D eigenvalue weighted by Gasteiger charge is 2.20. The number of nitrogens with zero attached hydrogens (tertiary/aromatic N) is 2. The standard InChI is InChI=1S/C20H18N2/c1-2-9-17(10-3-1)20-21-14-7-15-22(20)19-13-6-11-16-8-4-5-12-18(16)19/h1-6,8-13H,7,14-15H2. The molecule has 0 radical (unpaired) electrons. The lowest BCUT2D eigenvalue weighted by atomic mass is 10.1. The molecule has 0 saturated carbocycles. The van der Waals surface area contributed by atoms with Gasteiger partial charge in [0.15, 0.2) is 0 Å². The van der Waals surface area contributed by atoms with E-state index >= 15 is 0 Å². The first-order valence-corrected chi connectivity index (χ1v) is 7.79. The Morgan fingerprint density at radius 3 is 2.45 bits per heavy atom. The second-order valence-electron chi connectivity index (χ2n) is 5.57. The molecule has 2 nitrogen and oxygen atoms in total. The van der Waals surface area contributed by atoms with Crippen molar-refractivity contribution in [2.45, 2.75) is 6.42 Å². The molecule has 22 heavy (non-hydrogen) atoms. The molecule has 108 valence electrons. The van der Waals surface area contributed by atoms with Crippen LogP contribution in [0, 0.1) is 0 Å². The molecule has 0 amide bonds. The topological polar surface area (TPSA) is 15.6 Å². The van der Waals surface area contributed by atoms with E-state index in [9.17, 15) is 0 Å². The normalized spacial score (nSPS) is 14.9. The maximum Gasteiger partial charge on any atom is 0.135 e. The molecule has 4 rings (SSSR count). The van der Waals surface area contributed by atoms with Gasteiger partial charge < -0.3 is 4.90 Å². The summed E-state index contributed by atoms with van der Waals surface area (Å²) in [6.45, 7) is 1.92.